The molecule has 100 valence electrons. The molecule has 4 nitrogen and oxygen atoms in total. The van der Waals surface area contributed by atoms with Crippen molar-refractivity contribution in [3.8, 4) is 0 Å². The first-order chi connectivity index (χ1) is 8.95. The van der Waals surface area contributed by atoms with Crippen LogP contribution in [0.1, 0.15) is 22.8 Å². The Morgan fingerprint density at radius 2 is 2.11 bits per heavy atom. The second-order valence-electron chi connectivity index (χ2n) is 4.59. The van der Waals surface area contributed by atoms with Gasteiger partial charge in [-0.05, 0) is 38.1 Å². The highest BCUT2D eigenvalue weighted by atomic mass is 32.1. The molecule has 0 saturated heterocycles. The first-order valence-corrected chi connectivity index (χ1v) is 6.41. The third-order valence-corrected chi connectivity index (χ3v) is 3.04. The number of hydrogen-bond donors (Lipinski definition) is 1. The lowest BCUT2D eigenvalue weighted by molar-refractivity contribution is 0.481. The van der Waals surface area contributed by atoms with Crippen LogP contribution in [0.2, 0.25) is 0 Å². The number of nitrogens with zero attached hydrogens (tertiary/aromatic N) is 2. The molecule has 2 aromatic rings. The van der Waals surface area contributed by atoms with Gasteiger partial charge in [-0.2, -0.15) is 0 Å². The largest absolute Gasteiger partial charge is 0.464 e. The number of anilines is 1. The van der Waals surface area contributed by atoms with Gasteiger partial charge < -0.3 is 15.1 Å². The average molecular weight is 275 g/mol. The van der Waals surface area contributed by atoms with Gasteiger partial charge in [0, 0.05) is 18.3 Å². The summed E-state index contributed by atoms with van der Waals surface area (Å²) in [5.74, 6) is 2.64. The zero-order valence-corrected chi connectivity index (χ0v) is 12.1. The van der Waals surface area contributed by atoms with Crippen molar-refractivity contribution in [2.24, 2.45) is 5.73 Å². The number of furan rings is 1. The van der Waals surface area contributed by atoms with Crippen molar-refractivity contribution in [1.29, 1.82) is 0 Å². The number of aryl methyl sites for hydroxylation is 2. The third-order valence-electron chi connectivity index (χ3n) is 2.80. The van der Waals surface area contributed by atoms with Crippen LogP contribution in [-0.2, 0) is 6.54 Å². The first kappa shape index (κ1) is 13.5. The van der Waals surface area contributed by atoms with Gasteiger partial charge in [0.15, 0.2) is 0 Å². The number of thiocarbonyl (C=S) groups is 1. The minimum Gasteiger partial charge on any atom is -0.464 e. The maximum absolute atomic E-state index is 5.67. The summed E-state index contributed by atoms with van der Waals surface area (Å²) < 4.78 is 5.56. The van der Waals surface area contributed by atoms with Crippen LogP contribution < -0.4 is 10.6 Å². The van der Waals surface area contributed by atoms with Crippen molar-refractivity contribution in [2.45, 2.75) is 20.4 Å². The van der Waals surface area contributed by atoms with E-state index >= 15 is 0 Å². The Labute approximate surface area is 118 Å². The number of rotatable bonds is 4. The molecule has 0 spiro atoms. The predicted molar refractivity (Wildman–Crippen MR) is 80.4 cm³/mol. The monoisotopic (exact) mass is 275 g/mol. The van der Waals surface area contributed by atoms with Gasteiger partial charge in [0.05, 0.1) is 6.54 Å². The fourth-order valence-electron chi connectivity index (χ4n) is 1.87. The van der Waals surface area contributed by atoms with Gasteiger partial charge in [-0.25, -0.2) is 4.98 Å². The Morgan fingerprint density at radius 3 is 2.68 bits per heavy atom. The molecule has 2 aromatic heterocycles. The summed E-state index contributed by atoms with van der Waals surface area (Å²) in [6.07, 6.45) is 0. The van der Waals surface area contributed by atoms with E-state index in [2.05, 4.69) is 4.98 Å². The molecule has 5 heteroatoms. The van der Waals surface area contributed by atoms with Crippen LogP contribution in [0, 0.1) is 13.8 Å². The predicted octanol–water partition coefficient (Wildman–Crippen LogP) is 2.56. The quantitative estimate of drug-likeness (QED) is 0.869. The lowest BCUT2D eigenvalue weighted by Gasteiger charge is -2.18. The molecule has 0 saturated carbocycles. The highest BCUT2D eigenvalue weighted by molar-refractivity contribution is 7.80. The van der Waals surface area contributed by atoms with E-state index in [1.54, 1.807) is 0 Å². The smallest absolute Gasteiger partial charge is 0.129 e. The summed E-state index contributed by atoms with van der Waals surface area (Å²) in [6, 6.07) is 7.70. The summed E-state index contributed by atoms with van der Waals surface area (Å²) in [5, 5.41) is 0. The molecule has 0 aliphatic rings. The molecule has 2 N–H and O–H groups in total. The topological polar surface area (TPSA) is 55.3 Å². The summed E-state index contributed by atoms with van der Waals surface area (Å²) in [7, 11) is 1.96. The number of hydrogen-bond acceptors (Lipinski definition) is 4. The molecule has 0 unspecified atom stereocenters. The fourth-order valence-corrected chi connectivity index (χ4v) is 1.99. The molecular formula is C14H17N3OS. The van der Waals surface area contributed by atoms with E-state index in [1.165, 1.54) is 0 Å². The van der Waals surface area contributed by atoms with Gasteiger partial charge in [-0.15, -0.1) is 0 Å². The zero-order valence-electron chi connectivity index (χ0n) is 11.3. The van der Waals surface area contributed by atoms with Crippen molar-refractivity contribution < 1.29 is 4.42 Å². The van der Waals surface area contributed by atoms with Crippen molar-refractivity contribution >= 4 is 23.0 Å². The van der Waals surface area contributed by atoms with E-state index in [1.807, 2.05) is 50.1 Å². The van der Waals surface area contributed by atoms with Crippen molar-refractivity contribution in [2.75, 3.05) is 11.9 Å². The van der Waals surface area contributed by atoms with Gasteiger partial charge in [0.25, 0.3) is 0 Å². The summed E-state index contributed by atoms with van der Waals surface area (Å²) >= 11 is 5.01. The highest BCUT2D eigenvalue weighted by Crippen LogP contribution is 2.17. The van der Waals surface area contributed by atoms with Gasteiger partial charge in [0.2, 0.25) is 0 Å². The van der Waals surface area contributed by atoms with Crippen LogP contribution in [0.15, 0.2) is 28.7 Å². The van der Waals surface area contributed by atoms with Crippen molar-refractivity contribution in [1.82, 2.24) is 4.98 Å². The van der Waals surface area contributed by atoms with E-state index in [0.717, 1.165) is 28.6 Å². The number of aromatic nitrogens is 1. The normalized spacial score (nSPS) is 10.5. The molecule has 0 atom stereocenters. The van der Waals surface area contributed by atoms with E-state index in [-0.39, 0.29) is 0 Å². The Hall–Kier alpha value is -1.88. The third kappa shape index (κ3) is 3.32. The molecule has 2 rings (SSSR count). The fraction of sp³-hybridized carbons (Fsp3) is 0.286. The first-order valence-electron chi connectivity index (χ1n) is 6.00. The molecule has 0 fully saturated rings. The summed E-state index contributed by atoms with van der Waals surface area (Å²) in [6.45, 7) is 4.51. The molecule has 0 bridgehead atoms. The lowest BCUT2D eigenvalue weighted by Crippen LogP contribution is -2.19. The molecule has 19 heavy (non-hydrogen) atoms. The molecule has 0 aliphatic carbocycles. The summed E-state index contributed by atoms with van der Waals surface area (Å²) in [4.78, 5) is 6.88. The van der Waals surface area contributed by atoms with E-state index in [4.69, 9.17) is 22.4 Å². The molecule has 0 amide bonds. The standard InChI is InChI=1S/C14H17N3OS/c1-9-6-11(14(15)19)7-13(16-9)17(3)8-12-5-4-10(2)18-12/h4-7H,8H2,1-3H3,(H2,15,19). The van der Waals surface area contributed by atoms with E-state index in [0.29, 0.717) is 11.5 Å². The summed E-state index contributed by atoms with van der Waals surface area (Å²) in [5.41, 5.74) is 7.40. The highest BCUT2D eigenvalue weighted by Gasteiger charge is 2.09. The van der Waals surface area contributed by atoms with Crippen LogP contribution in [0.3, 0.4) is 0 Å². The van der Waals surface area contributed by atoms with Gasteiger partial charge in [0.1, 0.15) is 22.3 Å². The zero-order chi connectivity index (χ0) is 14.0. The molecule has 0 aromatic carbocycles. The maximum atomic E-state index is 5.67. The Morgan fingerprint density at radius 1 is 1.37 bits per heavy atom. The SMILES string of the molecule is Cc1cc(C(N)=S)cc(N(C)Cc2ccc(C)o2)n1. The van der Waals surface area contributed by atoms with E-state index < -0.39 is 0 Å². The number of nitrogens with two attached hydrogens (primary N) is 1. The maximum Gasteiger partial charge on any atom is 0.129 e. The van der Waals surface area contributed by atoms with Crippen LogP contribution in [0.5, 0.6) is 0 Å². The minimum atomic E-state index is 0.383. The second kappa shape index (κ2) is 5.40. The van der Waals surface area contributed by atoms with Crippen molar-refractivity contribution in [3.63, 3.8) is 0 Å². The van der Waals surface area contributed by atoms with E-state index in [9.17, 15) is 0 Å². The van der Waals surface area contributed by atoms with Gasteiger partial charge >= 0.3 is 0 Å². The number of pyridine rings is 1. The van der Waals surface area contributed by atoms with Crippen LogP contribution in [0.25, 0.3) is 0 Å². The Kier molecular flexibility index (Phi) is 3.85. The van der Waals surface area contributed by atoms with Crippen LogP contribution >= 0.6 is 12.2 Å². The van der Waals surface area contributed by atoms with Crippen molar-refractivity contribution in [3.05, 3.63) is 47.0 Å². The Bertz CT molecular complexity index is 606. The van der Waals surface area contributed by atoms with Crippen LogP contribution in [-0.4, -0.2) is 17.0 Å². The Balaban J connectivity index is 2.23. The minimum absolute atomic E-state index is 0.383. The lowest BCUT2D eigenvalue weighted by atomic mass is 10.2. The molecule has 0 radical (unpaired) electrons. The molecule has 2 heterocycles. The van der Waals surface area contributed by atoms with Gasteiger partial charge in [-0.1, -0.05) is 12.2 Å². The van der Waals surface area contributed by atoms with Gasteiger partial charge in [-0.3, -0.25) is 0 Å². The molecular weight excluding hydrogens is 258 g/mol. The van der Waals surface area contributed by atoms with Crippen LogP contribution in [0.4, 0.5) is 5.82 Å². The molecule has 0 aliphatic heterocycles. The average Bonchev–Trinajstić information content (AvgIpc) is 2.73. The second-order valence-corrected chi connectivity index (χ2v) is 5.03.